The molecule has 0 unspecified atom stereocenters. The van der Waals surface area contributed by atoms with Crippen LogP contribution in [0.25, 0.3) is 11.0 Å². The summed E-state index contributed by atoms with van der Waals surface area (Å²) in [4.78, 5) is 42.4. The van der Waals surface area contributed by atoms with E-state index >= 15 is 0 Å². The number of nitrogens with zero attached hydrogens (tertiary/aromatic N) is 4. The van der Waals surface area contributed by atoms with E-state index in [1.54, 1.807) is 7.11 Å². The van der Waals surface area contributed by atoms with E-state index in [1.165, 1.54) is 23.4 Å². The Balaban J connectivity index is 1.93. The maximum atomic E-state index is 12.9. The Hall–Kier alpha value is -2.85. The molecule has 2 N–H and O–H groups in total. The van der Waals surface area contributed by atoms with Gasteiger partial charge in [0.25, 0.3) is 5.56 Å². The summed E-state index contributed by atoms with van der Waals surface area (Å²) in [5.74, 6) is -0.545. The summed E-state index contributed by atoms with van der Waals surface area (Å²) >= 11 is 1.23. The van der Waals surface area contributed by atoms with Gasteiger partial charge in [-0.1, -0.05) is 30.8 Å². The molecule has 0 aliphatic heterocycles. The third-order valence-electron chi connectivity index (χ3n) is 4.78. The van der Waals surface area contributed by atoms with Crippen molar-refractivity contribution in [2.24, 2.45) is 7.05 Å². The molecule has 0 saturated carbocycles. The van der Waals surface area contributed by atoms with Gasteiger partial charge >= 0.3 is 5.69 Å². The highest BCUT2D eigenvalue weighted by atomic mass is 32.2. The Labute approximate surface area is 177 Å². The first kappa shape index (κ1) is 21.8. The number of hydrogen-bond acceptors (Lipinski definition) is 7. The van der Waals surface area contributed by atoms with Gasteiger partial charge in [-0.25, -0.2) is 9.78 Å². The molecular formula is C20H25N5O4S. The average Bonchev–Trinajstić information content (AvgIpc) is 3.09. The number of ketones is 1. The van der Waals surface area contributed by atoms with Crippen LogP contribution in [0, 0.1) is 0 Å². The van der Waals surface area contributed by atoms with Gasteiger partial charge in [-0.15, -0.1) is 0 Å². The number of methoxy groups -OCH3 is 1. The topological polar surface area (TPSA) is 114 Å². The van der Waals surface area contributed by atoms with Crippen molar-refractivity contribution in [3.63, 3.8) is 0 Å². The van der Waals surface area contributed by atoms with Gasteiger partial charge in [-0.05, 0) is 18.6 Å². The number of carbonyl (C=O) groups excluding carboxylic acids is 1. The molecule has 0 amide bonds. The second-order valence-corrected chi connectivity index (χ2v) is 7.74. The number of para-hydroxylation sites is 2. The van der Waals surface area contributed by atoms with E-state index in [0.29, 0.717) is 31.3 Å². The molecule has 3 rings (SSSR count). The van der Waals surface area contributed by atoms with Gasteiger partial charge in [0, 0.05) is 27.2 Å². The van der Waals surface area contributed by atoms with Crippen LogP contribution in [0.3, 0.4) is 0 Å². The van der Waals surface area contributed by atoms with E-state index in [4.69, 9.17) is 10.5 Å². The molecule has 9 nitrogen and oxygen atoms in total. The normalized spacial score (nSPS) is 11.3. The van der Waals surface area contributed by atoms with Crippen molar-refractivity contribution in [2.75, 3.05) is 25.2 Å². The number of nitrogens with two attached hydrogens (primary N) is 1. The fraction of sp³-hybridized carbons (Fsp3) is 0.400. The average molecular weight is 432 g/mol. The van der Waals surface area contributed by atoms with Crippen molar-refractivity contribution in [2.45, 2.75) is 31.6 Å². The summed E-state index contributed by atoms with van der Waals surface area (Å²) in [7, 11) is 2.98. The second-order valence-electron chi connectivity index (χ2n) is 6.80. The van der Waals surface area contributed by atoms with Gasteiger partial charge in [-0.2, -0.15) is 0 Å². The SMILES string of the molecule is CCCn1c(N)c(C(=O)CSc2nc3ccccc3n2CCOC)c(=O)n(C)c1=O. The van der Waals surface area contributed by atoms with Crippen molar-refractivity contribution in [1.82, 2.24) is 18.7 Å². The Kier molecular flexibility index (Phi) is 6.78. The number of aromatic nitrogens is 4. The van der Waals surface area contributed by atoms with E-state index in [9.17, 15) is 14.4 Å². The summed E-state index contributed by atoms with van der Waals surface area (Å²) in [6.07, 6.45) is 0.647. The summed E-state index contributed by atoms with van der Waals surface area (Å²) in [6.45, 7) is 3.30. The van der Waals surface area contributed by atoms with Crippen LogP contribution in [0.15, 0.2) is 39.0 Å². The number of hydrogen-bond donors (Lipinski definition) is 1. The molecule has 0 atom stereocenters. The highest BCUT2D eigenvalue weighted by molar-refractivity contribution is 7.99. The molecule has 0 spiro atoms. The number of imidazole rings is 1. The number of thioether (sulfide) groups is 1. The van der Waals surface area contributed by atoms with Crippen LogP contribution in [0.4, 0.5) is 5.82 Å². The quantitative estimate of drug-likeness (QED) is 0.403. The molecule has 0 fully saturated rings. The van der Waals surface area contributed by atoms with E-state index < -0.39 is 17.0 Å². The fourth-order valence-electron chi connectivity index (χ4n) is 3.25. The van der Waals surface area contributed by atoms with E-state index in [-0.39, 0.29) is 17.1 Å². The molecule has 3 aromatic rings. The largest absolute Gasteiger partial charge is 0.384 e. The highest BCUT2D eigenvalue weighted by Crippen LogP contribution is 2.25. The maximum absolute atomic E-state index is 12.9. The molecule has 0 aliphatic carbocycles. The number of fused-ring (bicyclic) bond motifs is 1. The molecule has 0 aliphatic rings. The number of carbonyl (C=O) groups is 1. The Morgan fingerprint density at radius 3 is 2.63 bits per heavy atom. The summed E-state index contributed by atoms with van der Waals surface area (Å²) < 4.78 is 9.37. The number of Topliss-reactive ketones (excluding diaryl/α,β-unsaturated/α-hetero) is 1. The smallest absolute Gasteiger partial charge is 0.332 e. The Bertz CT molecular complexity index is 1190. The number of ether oxygens (including phenoxy) is 1. The molecule has 2 aromatic heterocycles. The molecule has 30 heavy (non-hydrogen) atoms. The van der Waals surface area contributed by atoms with Crippen molar-refractivity contribution < 1.29 is 9.53 Å². The zero-order chi connectivity index (χ0) is 21.8. The Morgan fingerprint density at radius 1 is 1.20 bits per heavy atom. The first-order valence-corrected chi connectivity index (χ1v) is 10.6. The summed E-state index contributed by atoms with van der Waals surface area (Å²) in [6, 6.07) is 7.68. The predicted molar refractivity (Wildman–Crippen MR) is 117 cm³/mol. The third-order valence-corrected chi connectivity index (χ3v) is 5.76. The van der Waals surface area contributed by atoms with Gasteiger partial charge in [0.2, 0.25) is 0 Å². The number of anilines is 1. The Morgan fingerprint density at radius 2 is 1.93 bits per heavy atom. The first-order valence-electron chi connectivity index (χ1n) is 9.60. The first-order chi connectivity index (χ1) is 14.4. The molecule has 0 saturated heterocycles. The van der Waals surface area contributed by atoms with Crippen LogP contribution >= 0.6 is 11.8 Å². The van der Waals surface area contributed by atoms with Crippen LogP contribution in [-0.2, 0) is 24.9 Å². The number of rotatable bonds is 9. The van der Waals surface area contributed by atoms with E-state index in [0.717, 1.165) is 15.6 Å². The lowest BCUT2D eigenvalue weighted by Gasteiger charge is -2.14. The zero-order valence-electron chi connectivity index (χ0n) is 17.3. The zero-order valence-corrected chi connectivity index (χ0v) is 18.1. The van der Waals surface area contributed by atoms with Gasteiger partial charge in [0.05, 0.1) is 23.4 Å². The number of nitrogen functional groups attached to an aromatic ring is 1. The van der Waals surface area contributed by atoms with E-state index in [2.05, 4.69) is 4.98 Å². The van der Waals surface area contributed by atoms with Crippen LogP contribution in [0.1, 0.15) is 23.7 Å². The minimum atomic E-state index is -0.677. The molecule has 0 radical (unpaired) electrons. The van der Waals surface area contributed by atoms with Crippen LogP contribution in [0.2, 0.25) is 0 Å². The van der Waals surface area contributed by atoms with Gasteiger partial charge in [0.15, 0.2) is 10.9 Å². The van der Waals surface area contributed by atoms with E-state index in [1.807, 2.05) is 35.8 Å². The number of benzene rings is 1. The highest BCUT2D eigenvalue weighted by Gasteiger charge is 2.22. The van der Waals surface area contributed by atoms with Crippen LogP contribution < -0.4 is 17.0 Å². The van der Waals surface area contributed by atoms with Crippen molar-refractivity contribution in [3.05, 3.63) is 50.7 Å². The fourth-order valence-corrected chi connectivity index (χ4v) is 4.16. The molecule has 10 heteroatoms. The van der Waals surface area contributed by atoms with Crippen molar-refractivity contribution >= 4 is 34.4 Å². The lowest BCUT2D eigenvalue weighted by Crippen LogP contribution is -2.42. The van der Waals surface area contributed by atoms with Crippen LogP contribution in [-0.4, -0.2) is 43.9 Å². The van der Waals surface area contributed by atoms with Gasteiger partial charge in [-0.3, -0.25) is 18.7 Å². The minimum absolute atomic E-state index is 0.0277. The lowest BCUT2D eigenvalue weighted by molar-refractivity contribution is 0.102. The maximum Gasteiger partial charge on any atom is 0.332 e. The molecular weight excluding hydrogens is 406 g/mol. The molecule has 2 heterocycles. The summed E-state index contributed by atoms with van der Waals surface area (Å²) in [5, 5.41) is 0.652. The summed E-state index contributed by atoms with van der Waals surface area (Å²) in [5.41, 5.74) is 6.45. The van der Waals surface area contributed by atoms with Gasteiger partial charge < -0.3 is 15.0 Å². The molecule has 160 valence electrons. The monoisotopic (exact) mass is 431 g/mol. The molecule has 1 aromatic carbocycles. The minimum Gasteiger partial charge on any atom is -0.384 e. The predicted octanol–water partition coefficient (Wildman–Crippen LogP) is 1.51. The van der Waals surface area contributed by atoms with Gasteiger partial charge in [0.1, 0.15) is 11.4 Å². The standard InChI is InChI=1S/C20H25N5O4S/c1-4-9-25-17(21)16(18(27)23(2)20(25)28)15(26)12-30-19-22-13-7-5-6-8-14(13)24(19)10-11-29-3/h5-8H,4,9-12,21H2,1-3H3. The molecule has 0 bridgehead atoms. The second kappa shape index (κ2) is 9.31. The lowest BCUT2D eigenvalue weighted by atomic mass is 10.2. The van der Waals surface area contributed by atoms with Crippen molar-refractivity contribution in [1.29, 1.82) is 0 Å². The van der Waals surface area contributed by atoms with Crippen LogP contribution in [0.5, 0.6) is 0 Å². The van der Waals surface area contributed by atoms with Crippen molar-refractivity contribution in [3.8, 4) is 0 Å². The third kappa shape index (κ3) is 4.05.